The number of esters is 1. The van der Waals surface area contributed by atoms with Gasteiger partial charge in [-0.2, -0.15) is 0 Å². The van der Waals surface area contributed by atoms with Crippen molar-refractivity contribution in [2.75, 3.05) is 20.3 Å². The molecule has 1 aromatic carbocycles. The van der Waals surface area contributed by atoms with Gasteiger partial charge in [0.2, 0.25) is 0 Å². The molecule has 1 N–H and O–H groups in total. The molecule has 0 aromatic heterocycles. The Hall–Kier alpha value is -2.01. The van der Waals surface area contributed by atoms with Crippen molar-refractivity contribution in [2.24, 2.45) is 0 Å². The van der Waals surface area contributed by atoms with Crippen LogP contribution < -0.4 is 10.1 Å². The van der Waals surface area contributed by atoms with Gasteiger partial charge in [0.25, 0.3) is 5.91 Å². The molecule has 0 aliphatic carbocycles. The summed E-state index contributed by atoms with van der Waals surface area (Å²) in [5.74, 6) is -0.175. The number of amides is 1. The van der Waals surface area contributed by atoms with Gasteiger partial charge >= 0.3 is 5.97 Å². The number of carbonyl (C=O) groups excluding carboxylic acids is 2. The summed E-state index contributed by atoms with van der Waals surface area (Å²) in [6.45, 7) is 1.98. The van der Waals surface area contributed by atoms with E-state index >= 15 is 0 Å². The van der Waals surface area contributed by atoms with Gasteiger partial charge in [-0.1, -0.05) is 17.7 Å². The first kappa shape index (κ1) is 16.0. The summed E-state index contributed by atoms with van der Waals surface area (Å²) in [6, 6.07) is 5.16. The van der Waals surface area contributed by atoms with Crippen LogP contribution in [0, 0.1) is 6.92 Å². The average Bonchev–Trinajstić information content (AvgIpc) is 2.44. The Bertz CT molecular complexity index is 514. The maximum atomic E-state index is 11.5. The molecule has 0 radical (unpaired) electrons. The highest BCUT2D eigenvalue weighted by Gasteiger charge is 2.03. The number of ether oxygens (including phenoxy) is 2. The summed E-state index contributed by atoms with van der Waals surface area (Å²) in [4.78, 5) is 22.2. The molecule has 1 rings (SSSR count). The maximum absolute atomic E-state index is 11.5. The molecule has 0 saturated heterocycles. The van der Waals surface area contributed by atoms with E-state index in [1.165, 1.54) is 19.3 Å². The minimum atomic E-state index is -0.466. The van der Waals surface area contributed by atoms with Crippen molar-refractivity contribution in [3.63, 3.8) is 0 Å². The van der Waals surface area contributed by atoms with E-state index < -0.39 is 5.97 Å². The lowest BCUT2D eigenvalue weighted by atomic mass is 10.2. The second-order valence-corrected chi connectivity index (χ2v) is 4.34. The third-order valence-corrected chi connectivity index (χ3v) is 2.80. The number of hydrogen-bond acceptors (Lipinski definition) is 4. The van der Waals surface area contributed by atoms with E-state index in [0.29, 0.717) is 10.8 Å². The van der Waals surface area contributed by atoms with Crippen LogP contribution in [0.15, 0.2) is 30.4 Å². The molecule has 0 bridgehead atoms. The molecular formula is C14H16ClNO4. The first-order valence-electron chi connectivity index (χ1n) is 5.93. The van der Waals surface area contributed by atoms with Crippen molar-refractivity contribution >= 4 is 23.5 Å². The second-order valence-electron chi connectivity index (χ2n) is 3.93. The highest BCUT2D eigenvalue weighted by atomic mass is 35.5. The monoisotopic (exact) mass is 297 g/mol. The number of halogens is 1. The molecule has 6 heteroatoms. The van der Waals surface area contributed by atoms with E-state index in [9.17, 15) is 9.59 Å². The van der Waals surface area contributed by atoms with Crippen LogP contribution in [0.2, 0.25) is 5.02 Å². The van der Waals surface area contributed by atoms with Crippen LogP contribution >= 0.6 is 11.6 Å². The molecule has 0 spiro atoms. The molecule has 0 heterocycles. The largest absolute Gasteiger partial charge is 0.484 e. The second kappa shape index (κ2) is 8.22. The maximum Gasteiger partial charge on any atom is 0.330 e. The minimum Gasteiger partial charge on any atom is -0.484 e. The Morgan fingerprint density at radius 1 is 1.40 bits per heavy atom. The molecule has 0 fully saturated rings. The molecule has 0 aliphatic heterocycles. The van der Waals surface area contributed by atoms with Crippen LogP contribution in [-0.2, 0) is 14.3 Å². The summed E-state index contributed by atoms with van der Waals surface area (Å²) in [6.07, 6.45) is 2.74. The Morgan fingerprint density at radius 2 is 2.15 bits per heavy atom. The topological polar surface area (TPSA) is 64.6 Å². The van der Waals surface area contributed by atoms with Gasteiger partial charge in [-0.05, 0) is 30.7 Å². The lowest BCUT2D eigenvalue weighted by molar-refractivity contribution is -0.134. The third-order valence-electron chi connectivity index (χ3n) is 2.37. The van der Waals surface area contributed by atoms with Crippen molar-refractivity contribution in [3.05, 3.63) is 40.9 Å². The molecule has 1 aromatic rings. The molecule has 20 heavy (non-hydrogen) atoms. The average molecular weight is 298 g/mol. The number of aryl methyl sites for hydroxylation is 1. The van der Waals surface area contributed by atoms with E-state index in [1.54, 1.807) is 18.2 Å². The zero-order chi connectivity index (χ0) is 15.0. The molecule has 1 amide bonds. The highest BCUT2D eigenvalue weighted by Crippen LogP contribution is 2.20. The van der Waals surface area contributed by atoms with Gasteiger partial charge in [-0.25, -0.2) is 4.79 Å². The van der Waals surface area contributed by atoms with Crippen LogP contribution in [0.25, 0.3) is 0 Å². The molecule has 0 aliphatic rings. The Kier molecular flexibility index (Phi) is 6.59. The number of methoxy groups -OCH3 is 1. The quantitative estimate of drug-likeness (QED) is 0.643. The molecule has 0 saturated carbocycles. The van der Waals surface area contributed by atoms with Crippen LogP contribution in [0.3, 0.4) is 0 Å². The summed E-state index contributed by atoms with van der Waals surface area (Å²) in [5, 5.41) is 3.22. The lowest BCUT2D eigenvalue weighted by Gasteiger charge is -2.07. The summed E-state index contributed by atoms with van der Waals surface area (Å²) in [7, 11) is 1.28. The van der Waals surface area contributed by atoms with Crippen molar-refractivity contribution in [1.82, 2.24) is 5.32 Å². The number of hydrogen-bond donors (Lipinski definition) is 1. The van der Waals surface area contributed by atoms with Crippen LogP contribution in [-0.4, -0.2) is 32.1 Å². The number of nitrogens with one attached hydrogen (secondary N) is 1. The third kappa shape index (κ3) is 5.75. The number of benzene rings is 1. The summed E-state index contributed by atoms with van der Waals surface area (Å²) in [5.41, 5.74) is 0.880. The van der Waals surface area contributed by atoms with Crippen molar-refractivity contribution in [3.8, 4) is 5.75 Å². The summed E-state index contributed by atoms with van der Waals surface area (Å²) >= 11 is 5.89. The Labute approximate surface area is 122 Å². The van der Waals surface area contributed by atoms with Crippen LogP contribution in [0.5, 0.6) is 5.75 Å². The predicted octanol–water partition coefficient (Wildman–Crippen LogP) is 1.87. The van der Waals surface area contributed by atoms with Gasteiger partial charge in [0.05, 0.1) is 7.11 Å². The van der Waals surface area contributed by atoms with E-state index in [4.69, 9.17) is 16.3 Å². The number of rotatable bonds is 6. The van der Waals surface area contributed by atoms with E-state index in [0.717, 1.165) is 5.56 Å². The van der Waals surface area contributed by atoms with Crippen LogP contribution in [0.1, 0.15) is 5.56 Å². The van der Waals surface area contributed by atoms with E-state index in [-0.39, 0.29) is 19.1 Å². The van der Waals surface area contributed by atoms with Crippen LogP contribution in [0.4, 0.5) is 0 Å². The van der Waals surface area contributed by atoms with Gasteiger partial charge in [-0.3, -0.25) is 4.79 Å². The van der Waals surface area contributed by atoms with Gasteiger partial charge in [-0.15, -0.1) is 0 Å². The van der Waals surface area contributed by atoms with Gasteiger partial charge < -0.3 is 14.8 Å². The Balaban J connectivity index is 2.31. The van der Waals surface area contributed by atoms with Crippen molar-refractivity contribution < 1.29 is 19.1 Å². The fraction of sp³-hybridized carbons (Fsp3) is 0.286. The lowest BCUT2D eigenvalue weighted by Crippen LogP contribution is -2.29. The van der Waals surface area contributed by atoms with Gasteiger partial charge in [0, 0.05) is 17.6 Å². The molecule has 0 atom stereocenters. The standard InChI is InChI=1S/C14H16ClNO4/c1-10-8-11(5-6-12(10)15)20-9-13(17)16-7-3-4-14(18)19-2/h3-6,8H,7,9H2,1-2H3,(H,16,17)/b4-3+. The fourth-order valence-electron chi connectivity index (χ4n) is 1.30. The minimum absolute atomic E-state index is 0.104. The van der Waals surface area contributed by atoms with Gasteiger partial charge in [0.1, 0.15) is 5.75 Å². The van der Waals surface area contributed by atoms with Gasteiger partial charge in [0.15, 0.2) is 6.61 Å². The zero-order valence-corrected chi connectivity index (χ0v) is 12.1. The SMILES string of the molecule is COC(=O)/C=C/CNC(=O)COc1ccc(Cl)c(C)c1. The molecule has 0 unspecified atom stereocenters. The predicted molar refractivity (Wildman–Crippen MR) is 75.8 cm³/mol. The van der Waals surface area contributed by atoms with E-state index in [1.807, 2.05) is 6.92 Å². The highest BCUT2D eigenvalue weighted by molar-refractivity contribution is 6.31. The fourth-order valence-corrected chi connectivity index (χ4v) is 1.42. The molecule has 5 nitrogen and oxygen atoms in total. The normalized spacial score (nSPS) is 10.3. The summed E-state index contributed by atoms with van der Waals surface area (Å²) < 4.78 is 9.73. The first-order chi connectivity index (χ1) is 9.52. The molecule has 108 valence electrons. The smallest absolute Gasteiger partial charge is 0.330 e. The molecular weight excluding hydrogens is 282 g/mol. The first-order valence-corrected chi connectivity index (χ1v) is 6.31. The van der Waals surface area contributed by atoms with E-state index in [2.05, 4.69) is 10.1 Å². The Morgan fingerprint density at radius 3 is 2.80 bits per heavy atom. The zero-order valence-electron chi connectivity index (χ0n) is 11.3. The number of carbonyl (C=O) groups is 2. The van der Waals surface area contributed by atoms with Crippen molar-refractivity contribution in [1.29, 1.82) is 0 Å². The van der Waals surface area contributed by atoms with Crippen molar-refractivity contribution in [2.45, 2.75) is 6.92 Å².